The largest absolute Gasteiger partial charge is 0.317 e. The molecule has 102 valence electrons. The first-order chi connectivity index (χ1) is 8.61. The summed E-state index contributed by atoms with van der Waals surface area (Å²) in [5.41, 5.74) is 1.19. The molecule has 6 heteroatoms. The summed E-state index contributed by atoms with van der Waals surface area (Å²) in [5.74, 6) is 0.540. The van der Waals surface area contributed by atoms with Gasteiger partial charge in [0.15, 0.2) is 9.84 Å². The van der Waals surface area contributed by atoms with Gasteiger partial charge in [-0.2, -0.15) is 5.10 Å². The maximum atomic E-state index is 11.4. The van der Waals surface area contributed by atoms with Crippen LogP contribution in [0.4, 0.5) is 0 Å². The van der Waals surface area contributed by atoms with Gasteiger partial charge in [0.1, 0.15) is 0 Å². The molecule has 1 saturated heterocycles. The first-order valence-corrected chi connectivity index (χ1v) is 8.37. The van der Waals surface area contributed by atoms with Crippen LogP contribution in [0.15, 0.2) is 12.4 Å². The zero-order valence-corrected chi connectivity index (χ0v) is 11.6. The Hall–Kier alpha value is -0.880. The van der Waals surface area contributed by atoms with Crippen molar-refractivity contribution in [1.82, 2.24) is 15.1 Å². The summed E-state index contributed by atoms with van der Waals surface area (Å²) in [4.78, 5) is 0. The minimum absolute atomic E-state index is 0.0394. The summed E-state index contributed by atoms with van der Waals surface area (Å²) < 4.78 is 24.7. The number of sulfone groups is 1. The molecule has 5 nitrogen and oxygen atoms in total. The molecule has 0 aliphatic carbocycles. The average Bonchev–Trinajstić information content (AvgIpc) is 2.91. The Labute approximate surface area is 108 Å². The molecule has 1 aromatic heterocycles. The van der Waals surface area contributed by atoms with Gasteiger partial charge in [0.25, 0.3) is 0 Å². The Morgan fingerprint density at radius 2 is 2.39 bits per heavy atom. The second kappa shape index (κ2) is 5.84. The van der Waals surface area contributed by atoms with E-state index >= 15 is 0 Å². The molecule has 2 heterocycles. The van der Waals surface area contributed by atoms with Crippen molar-refractivity contribution in [1.29, 1.82) is 0 Å². The van der Waals surface area contributed by atoms with Crippen molar-refractivity contribution in [2.45, 2.75) is 32.2 Å². The highest BCUT2D eigenvalue weighted by Gasteiger charge is 2.29. The number of hydrogen-bond donors (Lipinski definition) is 1. The van der Waals surface area contributed by atoms with Crippen LogP contribution in [0.5, 0.6) is 0 Å². The quantitative estimate of drug-likeness (QED) is 0.777. The minimum atomic E-state index is -2.83. The zero-order valence-electron chi connectivity index (χ0n) is 10.8. The fourth-order valence-corrected chi connectivity index (χ4v) is 3.99. The van der Waals surface area contributed by atoms with Crippen LogP contribution < -0.4 is 5.32 Å². The lowest BCUT2D eigenvalue weighted by atomic mass is 10.2. The maximum Gasteiger partial charge on any atom is 0.152 e. The van der Waals surface area contributed by atoms with Crippen LogP contribution in [0.2, 0.25) is 0 Å². The van der Waals surface area contributed by atoms with E-state index in [2.05, 4.69) is 17.3 Å². The summed E-state index contributed by atoms with van der Waals surface area (Å²) in [7, 11) is -2.83. The third-order valence-electron chi connectivity index (χ3n) is 3.31. The number of rotatable bonds is 6. The first-order valence-electron chi connectivity index (χ1n) is 6.55. The van der Waals surface area contributed by atoms with E-state index in [9.17, 15) is 8.42 Å². The lowest BCUT2D eigenvalue weighted by molar-refractivity contribution is 0.499. The molecule has 0 aromatic carbocycles. The normalized spacial score (nSPS) is 22.4. The van der Waals surface area contributed by atoms with E-state index in [-0.39, 0.29) is 11.8 Å². The molecule has 0 amide bonds. The Kier molecular flexibility index (Phi) is 4.40. The molecule has 0 saturated carbocycles. The van der Waals surface area contributed by atoms with Crippen molar-refractivity contribution in [2.75, 3.05) is 24.6 Å². The summed E-state index contributed by atoms with van der Waals surface area (Å²) in [6.07, 6.45) is 6.63. The fraction of sp³-hybridized carbons (Fsp3) is 0.750. The molecule has 1 N–H and O–H groups in total. The zero-order chi connectivity index (χ0) is 13.0. The highest BCUT2D eigenvalue weighted by Crippen LogP contribution is 2.23. The number of nitrogens with one attached hydrogen (secondary N) is 1. The smallest absolute Gasteiger partial charge is 0.152 e. The molecule has 1 aliphatic rings. The summed E-state index contributed by atoms with van der Waals surface area (Å²) >= 11 is 0. The van der Waals surface area contributed by atoms with E-state index in [0.717, 1.165) is 25.9 Å². The molecule has 1 atom stereocenters. The van der Waals surface area contributed by atoms with Crippen LogP contribution in [0.25, 0.3) is 0 Å². The maximum absolute atomic E-state index is 11.4. The molecule has 0 bridgehead atoms. The molecule has 1 aromatic rings. The molecule has 0 spiro atoms. The summed E-state index contributed by atoms with van der Waals surface area (Å²) in [5, 5.41) is 7.58. The van der Waals surface area contributed by atoms with Gasteiger partial charge < -0.3 is 5.32 Å². The van der Waals surface area contributed by atoms with Crippen LogP contribution in [-0.2, 0) is 16.3 Å². The van der Waals surface area contributed by atoms with E-state index in [1.165, 1.54) is 5.56 Å². The van der Waals surface area contributed by atoms with Crippen molar-refractivity contribution in [3.05, 3.63) is 18.0 Å². The molecular weight excluding hydrogens is 250 g/mol. The van der Waals surface area contributed by atoms with Crippen LogP contribution in [0, 0.1) is 0 Å². The predicted octanol–water partition coefficient (Wildman–Crippen LogP) is 0.785. The second-order valence-electron chi connectivity index (χ2n) is 4.84. The van der Waals surface area contributed by atoms with Crippen molar-refractivity contribution in [3.63, 3.8) is 0 Å². The van der Waals surface area contributed by atoms with Gasteiger partial charge in [0, 0.05) is 6.20 Å². The average molecular weight is 271 g/mol. The Balaban J connectivity index is 1.86. The van der Waals surface area contributed by atoms with Gasteiger partial charge in [-0.3, -0.25) is 4.68 Å². The minimum Gasteiger partial charge on any atom is -0.317 e. The second-order valence-corrected chi connectivity index (χ2v) is 7.07. The van der Waals surface area contributed by atoms with Crippen molar-refractivity contribution >= 4 is 9.84 Å². The first kappa shape index (κ1) is 13.5. The number of nitrogens with zero attached hydrogens (tertiary/aromatic N) is 2. The van der Waals surface area contributed by atoms with Crippen LogP contribution in [0.1, 0.15) is 31.4 Å². The van der Waals surface area contributed by atoms with Gasteiger partial charge in [0.2, 0.25) is 0 Å². The van der Waals surface area contributed by atoms with Gasteiger partial charge in [-0.25, -0.2) is 8.42 Å². The predicted molar refractivity (Wildman–Crippen MR) is 71.4 cm³/mol. The van der Waals surface area contributed by atoms with Crippen LogP contribution in [-0.4, -0.2) is 42.8 Å². The summed E-state index contributed by atoms with van der Waals surface area (Å²) in [6, 6.07) is 0.0394. The number of aryl methyl sites for hydroxylation is 1. The Morgan fingerprint density at radius 1 is 1.56 bits per heavy atom. The molecule has 1 unspecified atom stereocenters. The van der Waals surface area contributed by atoms with Gasteiger partial charge in [-0.05, 0) is 37.9 Å². The van der Waals surface area contributed by atoms with Crippen LogP contribution >= 0.6 is 0 Å². The Bertz CT molecular complexity index is 481. The lowest BCUT2D eigenvalue weighted by Gasteiger charge is -2.07. The molecule has 18 heavy (non-hydrogen) atoms. The Morgan fingerprint density at radius 3 is 3.06 bits per heavy atom. The van der Waals surface area contributed by atoms with E-state index in [1.807, 2.05) is 17.1 Å². The third-order valence-corrected chi connectivity index (χ3v) is 5.06. The van der Waals surface area contributed by atoms with Crippen LogP contribution in [0.3, 0.4) is 0 Å². The van der Waals surface area contributed by atoms with E-state index in [4.69, 9.17) is 0 Å². The molecular formula is C12H21N3O2S. The molecule has 0 radical (unpaired) electrons. The van der Waals surface area contributed by atoms with E-state index in [0.29, 0.717) is 12.2 Å². The SMILES string of the molecule is CCNCCCc1cnn(C2CCS(=O)(=O)C2)c1. The highest BCUT2D eigenvalue weighted by atomic mass is 32.2. The highest BCUT2D eigenvalue weighted by molar-refractivity contribution is 7.91. The van der Waals surface area contributed by atoms with Crippen molar-refractivity contribution in [2.24, 2.45) is 0 Å². The van der Waals surface area contributed by atoms with E-state index < -0.39 is 9.84 Å². The number of aromatic nitrogens is 2. The van der Waals surface area contributed by atoms with Gasteiger partial charge in [-0.15, -0.1) is 0 Å². The topological polar surface area (TPSA) is 64.0 Å². The monoisotopic (exact) mass is 271 g/mol. The lowest BCUT2D eigenvalue weighted by Crippen LogP contribution is -2.14. The number of hydrogen-bond acceptors (Lipinski definition) is 4. The standard InChI is InChI=1S/C12H21N3O2S/c1-2-13-6-3-4-11-8-14-15(9-11)12-5-7-18(16,17)10-12/h8-9,12-13H,2-7,10H2,1H3. The van der Waals surface area contributed by atoms with Crippen molar-refractivity contribution in [3.8, 4) is 0 Å². The van der Waals surface area contributed by atoms with Gasteiger partial charge in [-0.1, -0.05) is 6.92 Å². The molecule has 1 fully saturated rings. The fourth-order valence-electron chi connectivity index (χ4n) is 2.28. The molecule has 1 aliphatic heterocycles. The third kappa shape index (κ3) is 3.55. The van der Waals surface area contributed by atoms with E-state index in [1.54, 1.807) is 0 Å². The van der Waals surface area contributed by atoms with Crippen molar-refractivity contribution < 1.29 is 8.42 Å². The van der Waals surface area contributed by atoms with Gasteiger partial charge >= 0.3 is 0 Å². The molecule has 2 rings (SSSR count). The summed E-state index contributed by atoms with van der Waals surface area (Å²) in [6.45, 7) is 4.11. The van der Waals surface area contributed by atoms with Gasteiger partial charge in [0.05, 0.1) is 23.7 Å².